The quantitative estimate of drug-likeness (QED) is 0.353. The first-order valence-corrected chi connectivity index (χ1v) is 4.33. The van der Waals surface area contributed by atoms with Gasteiger partial charge in [0.1, 0.15) is 0 Å². The van der Waals surface area contributed by atoms with Gasteiger partial charge in [-0.25, -0.2) is 4.67 Å². The molecule has 2 nitrogen and oxygen atoms in total. The molecule has 0 aromatic carbocycles. The van der Waals surface area contributed by atoms with E-state index in [9.17, 15) is 0 Å². The van der Waals surface area contributed by atoms with Gasteiger partial charge in [-0.15, -0.1) is 11.6 Å². The average Bonchev–Trinajstić information content (AvgIpc) is 2.18. The van der Waals surface area contributed by atoms with Gasteiger partial charge in [0.15, 0.2) is 0 Å². The summed E-state index contributed by atoms with van der Waals surface area (Å²) in [5, 5.41) is 0. The second-order valence-corrected chi connectivity index (χ2v) is 3.73. The molecule has 4 heteroatoms. The molecule has 9 heavy (non-hydrogen) atoms. The van der Waals surface area contributed by atoms with Gasteiger partial charge in [-0.3, -0.25) is 0 Å². The standard InChI is InChI=1S/C5H11ClNOP/c1-8-9-7-4-2-3-5(7)6/h5,9H,2-4H2,1H3. The average molecular weight is 168 g/mol. The Morgan fingerprint density at radius 1 is 1.78 bits per heavy atom. The van der Waals surface area contributed by atoms with E-state index in [1.165, 1.54) is 6.42 Å². The van der Waals surface area contributed by atoms with Crippen LogP contribution in [0.15, 0.2) is 0 Å². The number of hydrogen-bond donors (Lipinski definition) is 0. The molecule has 2 unspecified atom stereocenters. The Morgan fingerprint density at radius 3 is 3.00 bits per heavy atom. The molecule has 0 aliphatic carbocycles. The molecule has 54 valence electrons. The summed E-state index contributed by atoms with van der Waals surface area (Å²) in [7, 11) is 2.16. The fourth-order valence-corrected chi connectivity index (χ4v) is 2.04. The summed E-state index contributed by atoms with van der Waals surface area (Å²) in [6, 6.07) is 0. The molecule has 0 aromatic rings. The third kappa shape index (κ3) is 2.05. The monoisotopic (exact) mass is 167 g/mol. The third-order valence-electron chi connectivity index (χ3n) is 1.39. The number of rotatable bonds is 2. The van der Waals surface area contributed by atoms with Crippen LogP contribution in [0.3, 0.4) is 0 Å². The first kappa shape index (κ1) is 7.74. The van der Waals surface area contributed by atoms with Crippen LogP contribution in [0, 0.1) is 0 Å². The van der Waals surface area contributed by atoms with Gasteiger partial charge in [-0.2, -0.15) is 0 Å². The number of alkyl halides is 1. The van der Waals surface area contributed by atoms with Crippen molar-refractivity contribution in [2.45, 2.75) is 18.3 Å². The topological polar surface area (TPSA) is 12.5 Å². The molecule has 1 heterocycles. The molecule has 0 N–H and O–H groups in total. The first-order chi connectivity index (χ1) is 4.34. The maximum absolute atomic E-state index is 5.91. The fourth-order valence-electron chi connectivity index (χ4n) is 0.946. The summed E-state index contributed by atoms with van der Waals surface area (Å²) in [5.74, 6) is 0. The van der Waals surface area contributed by atoms with Crippen LogP contribution in [-0.2, 0) is 4.52 Å². The van der Waals surface area contributed by atoms with Crippen molar-refractivity contribution in [3.05, 3.63) is 0 Å². The molecule has 1 rings (SSSR count). The van der Waals surface area contributed by atoms with Crippen LogP contribution in [0.2, 0.25) is 0 Å². The zero-order valence-electron chi connectivity index (χ0n) is 5.43. The number of nitrogens with zero attached hydrogens (tertiary/aromatic N) is 1. The highest BCUT2D eigenvalue weighted by Crippen LogP contribution is 2.31. The van der Waals surface area contributed by atoms with E-state index in [-0.39, 0.29) is 5.50 Å². The van der Waals surface area contributed by atoms with Gasteiger partial charge >= 0.3 is 0 Å². The summed E-state index contributed by atoms with van der Waals surface area (Å²) < 4.78 is 7.12. The summed E-state index contributed by atoms with van der Waals surface area (Å²) >= 11 is 5.91. The highest BCUT2D eigenvalue weighted by molar-refractivity contribution is 7.29. The van der Waals surface area contributed by atoms with Crippen molar-refractivity contribution in [3.8, 4) is 0 Å². The van der Waals surface area contributed by atoms with Gasteiger partial charge < -0.3 is 4.52 Å². The van der Waals surface area contributed by atoms with Crippen molar-refractivity contribution < 1.29 is 4.52 Å². The van der Waals surface area contributed by atoms with Crippen molar-refractivity contribution in [2.75, 3.05) is 13.7 Å². The van der Waals surface area contributed by atoms with Crippen LogP contribution in [0.4, 0.5) is 0 Å². The van der Waals surface area contributed by atoms with Crippen molar-refractivity contribution >= 4 is 20.6 Å². The van der Waals surface area contributed by atoms with E-state index < -0.39 is 0 Å². The lowest BCUT2D eigenvalue weighted by Gasteiger charge is -2.16. The molecule has 1 fully saturated rings. The molecule has 2 atom stereocenters. The van der Waals surface area contributed by atoms with Crippen molar-refractivity contribution in [3.63, 3.8) is 0 Å². The van der Waals surface area contributed by atoms with E-state index in [2.05, 4.69) is 4.67 Å². The lowest BCUT2D eigenvalue weighted by Crippen LogP contribution is -2.14. The Morgan fingerprint density at radius 2 is 2.56 bits per heavy atom. The van der Waals surface area contributed by atoms with Gasteiger partial charge in [0.05, 0.1) is 14.5 Å². The summed E-state index contributed by atoms with van der Waals surface area (Å²) in [6.45, 7) is 1.10. The van der Waals surface area contributed by atoms with Crippen LogP contribution >= 0.6 is 20.6 Å². The Hall–Kier alpha value is 0.640. The zero-order chi connectivity index (χ0) is 6.69. The van der Waals surface area contributed by atoms with E-state index >= 15 is 0 Å². The third-order valence-corrected chi connectivity index (χ3v) is 2.96. The minimum absolute atomic E-state index is 0.225. The van der Waals surface area contributed by atoms with Gasteiger partial charge in [0.2, 0.25) is 0 Å². The summed E-state index contributed by atoms with van der Waals surface area (Å²) in [6.07, 6.45) is 2.32. The molecule has 1 saturated heterocycles. The molecule has 0 aromatic heterocycles. The highest BCUT2D eigenvalue weighted by atomic mass is 35.5. The van der Waals surface area contributed by atoms with Gasteiger partial charge in [-0.1, -0.05) is 0 Å². The molecule has 0 radical (unpaired) electrons. The van der Waals surface area contributed by atoms with Crippen LogP contribution in [0.25, 0.3) is 0 Å². The normalized spacial score (nSPS) is 30.7. The Kier molecular flexibility index (Phi) is 3.20. The second kappa shape index (κ2) is 3.72. The van der Waals surface area contributed by atoms with Gasteiger partial charge in [-0.05, 0) is 12.8 Å². The smallest absolute Gasteiger partial charge is 0.0899 e. The van der Waals surface area contributed by atoms with E-state index in [4.69, 9.17) is 16.1 Å². The molecule has 0 spiro atoms. The zero-order valence-corrected chi connectivity index (χ0v) is 7.19. The van der Waals surface area contributed by atoms with E-state index in [1.54, 1.807) is 7.11 Å². The minimum atomic E-state index is 0.225. The van der Waals surface area contributed by atoms with Crippen LogP contribution in [0.5, 0.6) is 0 Å². The van der Waals surface area contributed by atoms with Crippen molar-refractivity contribution in [1.29, 1.82) is 0 Å². The predicted molar refractivity (Wildman–Crippen MR) is 40.9 cm³/mol. The minimum Gasteiger partial charge on any atom is -0.349 e. The lowest BCUT2D eigenvalue weighted by atomic mass is 10.4. The highest BCUT2D eigenvalue weighted by Gasteiger charge is 2.21. The fraction of sp³-hybridized carbons (Fsp3) is 1.00. The lowest BCUT2D eigenvalue weighted by molar-refractivity contribution is 0.406. The summed E-state index contributed by atoms with van der Waals surface area (Å²) in [4.78, 5) is 0. The largest absolute Gasteiger partial charge is 0.349 e. The SMILES string of the molecule is COPN1CCCC1Cl. The van der Waals surface area contributed by atoms with E-state index in [0.717, 1.165) is 13.0 Å². The molecular formula is C5H11ClNOP. The maximum Gasteiger partial charge on any atom is 0.0899 e. The van der Waals surface area contributed by atoms with Crippen molar-refractivity contribution in [2.24, 2.45) is 0 Å². The maximum atomic E-state index is 5.91. The Labute approximate surface area is 62.4 Å². The Bertz CT molecular complexity index is 93.0. The Balaban J connectivity index is 2.22. The number of halogens is 1. The van der Waals surface area contributed by atoms with Gasteiger partial charge in [0, 0.05) is 13.7 Å². The summed E-state index contributed by atoms with van der Waals surface area (Å²) in [5.41, 5.74) is 0.225. The molecular weight excluding hydrogens is 156 g/mol. The molecule has 1 aliphatic rings. The van der Waals surface area contributed by atoms with Crippen molar-refractivity contribution in [1.82, 2.24) is 4.67 Å². The number of hydrogen-bond acceptors (Lipinski definition) is 2. The molecule has 1 aliphatic heterocycles. The van der Waals surface area contributed by atoms with Crippen LogP contribution < -0.4 is 0 Å². The van der Waals surface area contributed by atoms with E-state index in [1.807, 2.05) is 0 Å². The van der Waals surface area contributed by atoms with Crippen LogP contribution in [0.1, 0.15) is 12.8 Å². The van der Waals surface area contributed by atoms with Gasteiger partial charge in [0.25, 0.3) is 0 Å². The molecule has 0 amide bonds. The predicted octanol–water partition coefficient (Wildman–Crippen LogP) is 1.80. The molecule has 0 saturated carbocycles. The second-order valence-electron chi connectivity index (χ2n) is 2.07. The molecule has 0 bridgehead atoms. The van der Waals surface area contributed by atoms with E-state index in [0.29, 0.717) is 8.96 Å². The van der Waals surface area contributed by atoms with Crippen LogP contribution in [-0.4, -0.2) is 23.8 Å². The first-order valence-electron chi connectivity index (χ1n) is 3.04.